The van der Waals surface area contributed by atoms with E-state index in [-0.39, 0.29) is 29.0 Å². The average Bonchev–Trinajstić information content (AvgIpc) is 2.68. The van der Waals surface area contributed by atoms with Crippen LogP contribution < -0.4 is 5.32 Å². The number of likely N-dealkylation sites (N-methyl/N-ethyl adjacent to an activating group) is 1. The van der Waals surface area contributed by atoms with Crippen LogP contribution in [0.4, 0.5) is 6.01 Å². The third-order valence-electron chi connectivity index (χ3n) is 2.31. The van der Waals surface area contributed by atoms with E-state index >= 15 is 0 Å². The van der Waals surface area contributed by atoms with Crippen LogP contribution in [0.3, 0.4) is 0 Å². The summed E-state index contributed by atoms with van der Waals surface area (Å²) in [7, 11) is 3.89. The van der Waals surface area contributed by atoms with Crippen LogP contribution in [0.25, 0.3) is 0 Å². The summed E-state index contributed by atoms with van der Waals surface area (Å²) in [6.07, 6.45) is 2.40. The van der Waals surface area contributed by atoms with Crippen LogP contribution in [0, 0.1) is 0 Å². The van der Waals surface area contributed by atoms with Crippen LogP contribution in [0.1, 0.15) is 21.0 Å². The molecule has 1 aliphatic rings. The molecule has 0 saturated heterocycles. The fraction of sp³-hybridized carbons (Fsp3) is 0.364. The van der Waals surface area contributed by atoms with Crippen molar-refractivity contribution in [2.24, 2.45) is 0 Å². The Morgan fingerprint density at radius 2 is 2.00 bits per heavy atom. The molecule has 1 heterocycles. The predicted molar refractivity (Wildman–Crippen MR) is 61.3 cm³/mol. The first-order valence-corrected chi connectivity index (χ1v) is 5.24. The Morgan fingerprint density at radius 1 is 1.29 bits per heavy atom. The van der Waals surface area contributed by atoms with E-state index in [9.17, 15) is 9.59 Å². The predicted octanol–water partition coefficient (Wildman–Crippen LogP) is 0.583. The van der Waals surface area contributed by atoms with Gasteiger partial charge in [-0.3, -0.25) is 9.59 Å². The third kappa shape index (κ3) is 2.42. The number of hydrogen-bond acceptors (Lipinski definition) is 6. The molecule has 1 aromatic heterocycles. The van der Waals surface area contributed by atoms with Crippen molar-refractivity contribution in [1.29, 1.82) is 0 Å². The van der Waals surface area contributed by atoms with Gasteiger partial charge in [0.05, 0.1) is 0 Å². The molecule has 1 N–H and O–H groups in total. The van der Waals surface area contributed by atoms with Crippen molar-refractivity contribution in [2.45, 2.75) is 0 Å². The Kier molecular flexibility index (Phi) is 3.06. The number of hydrogen-bond donors (Lipinski definition) is 1. The van der Waals surface area contributed by atoms with Crippen molar-refractivity contribution < 1.29 is 14.0 Å². The van der Waals surface area contributed by atoms with Gasteiger partial charge >= 0.3 is 0 Å². The van der Waals surface area contributed by atoms with Gasteiger partial charge in [-0.05, 0) is 26.2 Å². The lowest BCUT2D eigenvalue weighted by Crippen LogP contribution is -2.20. The summed E-state index contributed by atoms with van der Waals surface area (Å²) in [5, 5.41) is 2.92. The van der Waals surface area contributed by atoms with Crippen LogP contribution in [0.15, 0.2) is 16.6 Å². The summed E-state index contributed by atoms with van der Waals surface area (Å²) in [4.78, 5) is 28.8. The van der Waals surface area contributed by atoms with Gasteiger partial charge in [-0.1, -0.05) is 0 Å². The van der Waals surface area contributed by atoms with Crippen molar-refractivity contribution >= 4 is 17.6 Å². The number of nitrogens with one attached hydrogen (secondary N) is 1. The highest BCUT2D eigenvalue weighted by molar-refractivity contribution is 6.20. The first-order valence-electron chi connectivity index (χ1n) is 5.24. The zero-order valence-electron chi connectivity index (χ0n) is 9.69. The molecule has 1 aliphatic carbocycles. The van der Waals surface area contributed by atoms with Crippen LogP contribution >= 0.6 is 0 Å². The highest BCUT2D eigenvalue weighted by atomic mass is 16.4. The van der Waals surface area contributed by atoms with E-state index in [0.29, 0.717) is 6.54 Å². The summed E-state index contributed by atoms with van der Waals surface area (Å²) in [6, 6.07) is 0.210. The fourth-order valence-electron chi connectivity index (χ4n) is 1.42. The number of nitrogens with zero attached hydrogens (tertiary/aromatic N) is 2. The van der Waals surface area contributed by atoms with Crippen molar-refractivity contribution in [3.63, 3.8) is 0 Å². The Labute approximate surface area is 98.3 Å². The lowest BCUT2D eigenvalue weighted by atomic mass is 10.1. The number of rotatable bonds is 4. The number of allylic oxidation sites excluding steroid dienone is 2. The molecule has 0 amide bonds. The first kappa shape index (κ1) is 11.5. The monoisotopic (exact) mass is 235 g/mol. The van der Waals surface area contributed by atoms with Crippen molar-refractivity contribution in [3.05, 3.63) is 23.6 Å². The van der Waals surface area contributed by atoms with E-state index in [1.807, 2.05) is 19.0 Å². The van der Waals surface area contributed by atoms with Gasteiger partial charge in [-0.2, -0.15) is 4.98 Å². The van der Waals surface area contributed by atoms with Crippen LogP contribution in [0.2, 0.25) is 0 Å². The molecule has 0 bridgehead atoms. The molecule has 90 valence electrons. The van der Waals surface area contributed by atoms with Crippen molar-refractivity contribution in [3.8, 4) is 0 Å². The topological polar surface area (TPSA) is 75.4 Å². The quantitative estimate of drug-likeness (QED) is 0.822. The lowest BCUT2D eigenvalue weighted by Gasteiger charge is -2.08. The standard InChI is InChI=1S/C11H13N3O3/c1-14(2)6-5-12-11-13-9-7(15)3-4-8(16)10(9)17-11/h3-4H,5-6H2,1-2H3,(H,12,13). The van der Waals surface area contributed by atoms with Gasteiger partial charge in [0.1, 0.15) is 0 Å². The summed E-state index contributed by atoms with van der Waals surface area (Å²) in [5.74, 6) is -0.610. The Morgan fingerprint density at radius 3 is 2.65 bits per heavy atom. The molecule has 6 heteroatoms. The molecule has 0 radical (unpaired) electrons. The first-order chi connectivity index (χ1) is 8.08. The molecule has 0 spiro atoms. The van der Waals surface area contributed by atoms with E-state index in [4.69, 9.17) is 4.42 Å². The van der Waals surface area contributed by atoms with Gasteiger partial charge in [0.2, 0.25) is 17.3 Å². The summed E-state index contributed by atoms with van der Waals surface area (Å²) in [5.41, 5.74) is 0.0878. The zero-order valence-corrected chi connectivity index (χ0v) is 9.69. The number of fused-ring (bicyclic) bond motifs is 1. The molecule has 17 heavy (non-hydrogen) atoms. The molecule has 0 saturated carbocycles. The molecule has 0 atom stereocenters. The second-order valence-corrected chi connectivity index (χ2v) is 3.99. The third-order valence-corrected chi connectivity index (χ3v) is 2.31. The average molecular weight is 235 g/mol. The van der Waals surface area contributed by atoms with Gasteiger partial charge in [0.25, 0.3) is 6.01 Å². The number of carbonyl (C=O) groups excluding carboxylic acids is 2. The SMILES string of the molecule is CN(C)CCNc1nc2c(o1)C(=O)C=CC2=O. The molecule has 6 nitrogen and oxygen atoms in total. The molecule has 2 rings (SSSR count). The van der Waals surface area contributed by atoms with E-state index < -0.39 is 0 Å². The lowest BCUT2D eigenvalue weighted by molar-refractivity contribution is 0.0974. The van der Waals surface area contributed by atoms with Gasteiger partial charge in [0, 0.05) is 13.1 Å². The Bertz CT molecular complexity index is 453. The Balaban J connectivity index is 2.10. The largest absolute Gasteiger partial charge is 0.419 e. The highest BCUT2D eigenvalue weighted by Crippen LogP contribution is 2.20. The van der Waals surface area contributed by atoms with Crippen molar-refractivity contribution in [2.75, 3.05) is 32.5 Å². The molecular formula is C11H13N3O3. The minimum atomic E-state index is -0.326. The number of aromatic nitrogens is 1. The zero-order chi connectivity index (χ0) is 12.4. The van der Waals surface area contributed by atoms with Crippen LogP contribution in [-0.4, -0.2) is 48.6 Å². The summed E-state index contributed by atoms with van der Waals surface area (Å²) in [6.45, 7) is 1.43. The number of anilines is 1. The molecule has 0 aromatic carbocycles. The minimum Gasteiger partial charge on any atom is -0.419 e. The van der Waals surface area contributed by atoms with Crippen LogP contribution in [0.5, 0.6) is 0 Å². The molecule has 0 aliphatic heterocycles. The van der Waals surface area contributed by atoms with Crippen molar-refractivity contribution in [1.82, 2.24) is 9.88 Å². The van der Waals surface area contributed by atoms with Gasteiger partial charge < -0.3 is 14.6 Å². The number of ketones is 2. The van der Waals surface area contributed by atoms with Gasteiger partial charge in [-0.25, -0.2) is 0 Å². The van der Waals surface area contributed by atoms with Crippen LogP contribution in [-0.2, 0) is 0 Å². The van der Waals surface area contributed by atoms with E-state index in [2.05, 4.69) is 10.3 Å². The highest BCUT2D eigenvalue weighted by Gasteiger charge is 2.26. The maximum atomic E-state index is 11.4. The molecule has 0 fully saturated rings. The molecule has 0 unspecified atom stereocenters. The fourth-order valence-corrected chi connectivity index (χ4v) is 1.42. The minimum absolute atomic E-state index is 0.0184. The smallest absolute Gasteiger partial charge is 0.296 e. The van der Waals surface area contributed by atoms with E-state index in [0.717, 1.165) is 6.54 Å². The van der Waals surface area contributed by atoms with E-state index in [1.54, 1.807) is 0 Å². The molecular weight excluding hydrogens is 222 g/mol. The second kappa shape index (κ2) is 4.50. The maximum absolute atomic E-state index is 11.4. The van der Waals surface area contributed by atoms with Gasteiger partial charge in [0.15, 0.2) is 5.69 Å². The normalized spacial score (nSPS) is 14.3. The summed E-state index contributed by atoms with van der Waals surface area (Å²) >= 11 is 0. The summed E-state index contributed by atoms with van der Waals surface area (Å²) < 4.78 is 5.21. The van der Waals surface area contributed by atoms with E-state index in [1.165, 1.54) is 12.2 Å². The second-order valence-electron chi connectivity index (χ2n) is 3.99. The number of oxazole rings is 1. The Hall–Kier alpha value is -1.95. The maximum Gasteiger partial charge on any atom is 0.296 e. The molecule has 1 aromatic rings. The number of carbonyl (C=O) groups is 2. The van der Waals surface area contributed by atoms with Gasteiger partial charge in [-0.15, -0.1) is 0 Å².